The van der Waals surface area contributed by atoms with Gasteiger partial charge in [0.05, 0.1) is 6.20 Å². The van der Waals surface area contributed by atoms with Crippen LogP contribution >= 0.6 is 28.6 Å². The van der Waals surface area contributed by atoms with Gasteiger partial charge in [-0.15, -0.1) is 11.7 Å². The van der Waals surface area contributed by atoms with Gasteiger partial charge in [0.2, 0.25) is 5.69 Å². The quantitative estimate of drug-likeness (QED) is 0.633. The Morgan fingerprint density at radius 3 is 2.54 bits per heavy atom. The maximum atomic E-state index is 8.55. The van der Waals surface area contributed by atoms with Crippen molar-refractivity contribution in [3.05, 3.63) is 24.2 Å². The van der Waals surface area contributed by atoms with Gasteiger partial charge in [0.1, 0.15) is 0 Å². The van der Waals surface area contributed by atoms with Gasteiger partial charge in [-0.2, -0.15) is 0 Å². The van der Waals surface area contributed by atoms with Gasteiger partial charge in [0.25, 0.3) is 0 Å². The molecule has 0 radical (unpaired) electrons. The smallest absolute Gasteiger partial charge is 0.242 e. The summed E-state index contributed by atoms with van der Waals surface area (Å²) in [4.78, 5) is 17.1. The molecule has 0 unspecified atom stereocenters. The van der Waals surface area contributed by atoms with Crippen LogP contribution in [-0.4, -0.2) is 25.1 Å². The molecule has 1 aromatic heterocycles. The summed E-state index contributed by atoms with van der Waals surface area (Å²) < 4.78 is 3.51. The van der Waals surface area contributed by atoms with Crippen molar-refractivity contribution in [3.63, 3.8) is 0 Å². The minimum Gasteiger partial charge on any atom is -0.338 e. The van der Waals surface area contributed by atoms with Crippen molar-refractivity contribution in [1.29, 1.82) is 0 Å². The van der Waals surface area contributed by atoms with Crippen LogP contribution in [0.5, 0.6) is 0 Å². The minimum atomic E-state index is -3.00. The Balaban J connectivity index is 0.000000243. The molecule has 0 aliphatic carbocycles. The SMILES string of the molecule is C=CCSP(O)(O)=S.c1csnn1. The third-order valence-corrected chi connectivity index (χ3v) is 4.20. The fourth-order valence-electron chi connectivity index (χ4n) is 0.286. The molecule has 74 valence electrons. The van der Waals surface area contributed by atoms with Crippen molar-refractivity contribution in [2.75, 3.05) is 5.75 Å². The molecule has 2 N–H and O–H groups in total. The highest BCUT2D eigenvalue weighted by atomic mass is 32.9. The van der Waals surface area contributed by atoms with Crippen LogP contribution in [0.3, 0.4) is 0 Å². The molecule has 0 atom stereocenters. The fourth-order valence-corrected chi connectivity index (χ4v) is 2.30. The molecule has 0 spiro atoms. The molecular formula is C5H9N2O2PS3. The van der Waals surface area contributed by atoms with Crippen LogP contribution in [0.15, 0.2) is 24.2 Å². The molecule has 0 aromatic carbocycles. The lowest BCUT2D eigenvalue weighted by Gasteiger charge is -2.01. The molecule has 0 amide bonds. The maximum absolute atomic E-state index is 8.55. The lowest BCUT2D eigenvalue weighted by Crippen LogP contribution is -1.70. The summed E-state index contributed by atoms with van der Waals surface area (Å²) in [5, 5.41) is 5.31. The maximum Gasteiger partial charge on any atom is 0.242 e. The van der Waals surface area contributed by atoms with Crippen molar-refractivity contribution in [2.24, 2.45) is 0 Å². The largest absolute Gasteiger partial charge is 0.338 e. The average Bonchev–Trinajstić information content (AvgIpc) is 2.56. The van der Waals surface area contributed by atoms with E-state index in [-0.39, 0.29) is 0 Å². The lowest BCUT2D eigenvalue weighted by molar-refractivity contribution is 0.502. The second-order valence-corrected chi connectivity index (χ2v) is 8.40. The number of nitrogens with zero attached hydrogens (tertiary/aromatic N) is 2. The standard InChI is InChI=1S/C3H7O2PS2.C2H2N2S/c1-2-3-8-6(4,5)7;1-2-5-4-3-1/h2H,1,3H2,(H2,4,5,7);1-2H. The zero-order valence-corrected chi connectivity index (χ0v) is 9.95. The van der Waals surface area contributed by atoms with E-state index in [1.54, 1.807) is 12.3 Å². The van der Waals surface area contributed by atoms with Gasteiger partial charge in [-0.25, -0.2) is 0 Å². The summed E-state index contributed by atoms with van der Waals surface area (Å²) in [5.74, 6) is 0.504. The zero-order valence-electron chi connectivity index (χ0n) is 6.61. The van der Waals surface area contributed by atoms with Crippen LogP contribution in [0.2, 0.25) is 0 Å². The van der Waals surface area contributed by atoms with Crippen molar-refractivity contribution in [1.82, 2.24) is 9.59 Å². The number of rotatable bonds is 3. The summed E-state index contributed by atoms with van der Waals surface area (Å²) in [7, 11) is 0. The van der Waals surface area contributed by atoms with Crippen molar-refractivity contribution >= 4 is 40.4 Å². The second-order valence-electron chi connectivity index (χ2n) is 1.66. The summed E-state index contributed by atoms with van der Waals surface area (Å²) in [5.41, 5.74) is -3.00. The summed E-state index contributed by atoms with van der Waals surface area (Å²) in [6, 6.07) is 0. The third kappa shape index (κ3) is 12.2. The summed E-state index contributed by atoms with van der Waals surface area (Å²) >= 11 is 6.59. The molecule has 0 bridgehead atoms. The van der Waals surface area contributed by atoms with Gasteiger partial charge in [0, 0.05) is 11.1 Å². The molecule has 0 saturated heterocycles. The molecular weight excluding hydrogens is 247 g/mol. The predicted octanol–water partition coefficient (Wildman–Crippen LogP) is 1.65. The highest BCUT2D eigenvalue weighted by Crippen LogP contribution is 2.50. The van der Waals surface area contributed by atoms with Crippen LogP contribution in [0, 0.1) is 0 Å². The van der Waals surface area contributed by atoms with Gasteiger partial charge < -0.3 is 9.79 Å². The lowest BCUT2D eigenvalue weighted by atomic mass is 10.8. The highest BCUT2D eigenvalue weighted by Gasteiger charge is 2.03. The van der Waals surface area contributed by atoms with E-state index in [2.05, 4.69) is 28.0 Å². The zero-order chi connectivity index (χ0) is 10.2. The fraction of sp³-hybridized carbons (Fsp3) is 0.200. The molecule has 0 aliphatic heterocycles. The van der Waals surface area contributed by atoms with Crippen molar-refractivity contribution in [2.45, 2.75) is 0 Å². The number of hydrogen-bond acceptors (Lipinski definition) is 5. The van der Waals surface area contributed by atoms with Crippen molar-refractivity contribution < 1.29 is 9.79 Å². The molecule has 0 aliphatic rings. The Labute approximate surface area is 89.8 Å². The van der Waals surface area contributed by atoms with E-state index in [0.29, 0.717) is 5.75 Å². The van der Waals surface area contributed by atoms with E-state index in [4.69, 9.17) is 9.79 Å². The molecule has 0 saturated carbocycles. The summed E-state index contributed by atoms with van der Waals surface area (Å²) in [6.07, 6.45) is 3.24. The Bertz CT molecular complexity index is 244. The highest BCUT2D eigenvalue weighted by molar-refractivity contribution is 8.67. The predicted molar refractivity (Wildman–Crippen MR) is 61.3 cm³/mol. The first kappa shape index (κ1) is 13.2. The Hall–Kier alpha value is 0.220. The first-order valence-electron chi connectivity index (χ1n) is 3.08. The molecule has 1 rings (SSSR count). The van der Waals surface area contributed by atoms with Gasteiger partial charge in [0.15, 0.2) is 0 Å². The van der Waals surface area contributed by atoms with E-state index in [1.807, 2.05) is 5.38 Å². The average molecular weight is 256 g/mol. The molecule has 4 nitrogen and oxygen atoms in total. The third-order valence-electron chi connectivity index (χ3n) is 0.643. The van der Waals surface area contributed by atoms with E-state index in [0.717, 1.165) is 11.4 Å². The summed E-state index contributed by atoms with van der Waals surface area (Å²) in [6.45, 7) is 3.39. The van der Waals surface area contributed by atoms with Gasteiger partial charge in [-0.1, -0.05) is 21.9 Å². The van der Waals surface area contributed by atoms with E-state index < -0.39 is 5.69 Å². The molecule has 0 fully saturated rings. The van der Waals surface area contributed by atoms with Gasteiger partial charge >= 0.3 is 0 Å². The van der Waals surface area contributed by atoms with Crippen LogP contribution < -0.4 is 0 Å². The van der Waals surface area contributed by atoms with Gasteiger partial charge in [-0.3, -0.25) is 0 Å². The number of aromatic nitrogens is 2. The van der Waals surface area contributed by atoms with Crippen LogP contribution in [-0.2, 0) is 11.8 Å². The van der Waals surface area contributed by atoms with E-state index >= 15 is 0 Å². The molecule has 13 heavy (non-hydrogen) atoms. The molecule has 8 heteroatoms. The van der Waals surface area contributed by atoms with Crippen LogP contribution in [0.4, 0.5) is 0 Å². The normalized spacial score (nSPS) is 10.0. The number of hydrogen-bond donors (Lipinski definition) is 2. The Kier molecular flexibility index (Phi) is 7.74. The molecule has 1 heterocycles. The van der Waals surface area contributed by atoms with E-state index in [9.17, 15) is 0 Å². The Morgan fingerprint density at radius 1 is 1.69 bits per heavy atom. The Morgan fingerprint density at radius 2 is 2.38 bits per heavy atom. The molecule has 1 aromatic rings. The topological polar surface area (TPSA) is 66.2 Å². The van der Waals surface area contributed by atoms with Gasteiger partial charge in [-0.05, 0) is 23.3 Å². The second kappa shape index (κ2) is 7.61. The minimum absolute atomic E-state index is 0.504. The monoisotopic (exact) mass is 256 g/mol. The first-order valence-corrected chi connectivity index (χ1v) is 8.22. The first-order chi connectivity index (χ1) is 6.06. The van der Waals surface area contributed by atoms with Crippen LogP contribution in [0.25, 0.3) is 0 Å². The van der Waals surface area contributed by atoms with Crippen LogP contribution in [0.1, 0.15) is 0 Å². The van der Waals surface area contributed by atoms with E-state index in [1.165, 1.54) is 11.5 Å². The van der Waals surface area contributed by atoms with Crippen molar-refractivity contribution in [3.8, 4) is 0 Å².